The molecule has 2 amide bonds. The van der Waals surface area contributed by atoms with Crippen LogP contribution in [0.25, 0.3) is 0 Å². The third-order valence-electron chi connectivity index (χ3n) is 4.01. The van der Waals surface area contributed by atoms with Crippen molar-refractivity contribution in [2.45, 2.75) is 33.1 Å². The van der Waals surface area contributed by atoms with E-state index in [4.69, 9.17) is 10.5 Å². The Hall–Kier alpha value is -2.67. The summed E-state index contributed by atoms with van der Waals surface area (Å²) in [5.74, 6) is -1.85. The summed E-state index contributed by atoms with van der Waals surface area (Å²) in [7, 11) is 0. The van der Waals surface area contributed by atoms with E-state index in [1.807, 2.05) is 37.3 Å². The lowest BCUT2D eigenvalue weighted by molar-refractivity contribution is -0.117. The van der Waals surface area contributed by atoms with Crippen LogP contribution in [0.1, 0.15) is 57.3 Å². The molecule has 0 saturated carbocycles. The lowest BCUT2D eigenvalue weighted by Crippen LogP contribution is -2.21. The first-order valence-electron chi connectivity index (χ1n) is 8.36. The van der Waals surface area contributed by atoms with Crippen molar-refractivity contribution in [1.29, 1.82) is 0 Å². The highest BCUT2D eigenvalue weighted by molar-refractivity contribution is 7.18. The van der Waals surface area contributed by atoms with Crippen LogP contribution in [-0.4, -0.2) is 24.4 Å². The predicted octanol–water partition coefficient (Wildman–Crippen LogP) is 3.46. The molecular weight excluding hydrogens is 352 g/mol. The average Bonchev–Trinajstić information content (AvgIpc) is 2.93. The van der Waals surface area contributed by atoms with Crippen molar-refractivity contribution in [3.63, 3.8) is 0 Å². The Labute approximate surface area is 156 Å². The molecule has 1 atom stereocenters. The summed E-state index contributed by atoms with van der Waals surface area (Å²) < 4.78 is 5.06. The molecule has 0 saturated heterocycles. The van der Waals surface area contributed by atoms with Crippen LogP contribution in [0.4, 0.5) is 5.00 Å². The van der Waals surface area contributed by atoms with Gasteiger partial charge < -0.3 is 15.8 Å². The van der Waals surface area contributed by atoms with Gasteiger partial charge in [-0.05, 0) is 31.4 Å². The number of ether oxygens (including phenoxy) is 1. The number of rotatable bonds is 7. The molecule has 2 aromatic rings. The highest BCUT2D eigenvalue weighted by atomic mass is 32.1. The molecular formula is C19H22N2O4S. The molecule has 1 unspecified atom stereocenters. The van der Waals surface area contributed by atoms with Gasteiger partial charge in [-0.2, -0.15) is 0 Å². The number of amides is 2. The molecule has 1 aromatic carbocycles. The van der Waals surface area contributed by atoms with Gasteiger partial charge in [0.2, 0.25) is 5.91 Å². The summed E-state index contributed by atoms with van der Waals surface area (Å²) in [6.45, 7) is 5.41. The van der Waals surface area contributed by atoms with Crippen LogP contribution in [0.15, 0.2) is 30.3 Å². The smallest absolute Gasteiger partial charge is 0.341 e. The van der Waals surface area contributed by atoms with Crippen LogP contribution >= 0.6 is 11.3 Å². The molecule has 0 aliphatic heterocycles. The van der Waals surface area contributed by atoms with E-state index in [-0.39, 0.29) is 33.9 Å². The van der Waals surface area contributed by atoms with Crippen molar-refractivity contribution < 1.29 is 19.1 Å². The Bertz CT molecular complexity index is 814. The van der Waals surface area contributed by atoms with Crippen molar-refractivity contribution in [3.8, 4) is 0 Å². The Kier molecular flexibility index (Phi) is 6.52. The number of carbonyl (C=O) groups excluding carboxylic acids is 3. The average molecular weight is 374 g/mol. The van der Waals surface area contributed by atoms with Crippen LogP contribution in [0.5, 0.6) is 0 Å². The predicted molar refractivity (Wildman–Crippen MR) is 102 cm³/mol. The molecule has 7 heteroatoms. The topological polar surface area (TPSA) is 98.5 Å². The minimum absolute atomic E-state index is 0.182. The SMILES string of the molecule is CCOC(=O)c1c(NC(=O)C(CC)c2ccccc2)sc(C(N)=O)c1C. The molecule has 0 aliphatic rings. The van der Waals surface area contributed by atoms with E-state index in [0.29, 0.717) is 12.0 Å². The van der Waals surface area contributed by atoms with Gasteiger partial charge in [0, 0.05) is 0 Å². The van der Waals surface area contributed by atoms with E-state index >= 15 is 0 Å². The monoisotopic (exact) mass is 374 g/mol. The van der Waals surface area contributed by atoms with E-state index in [2.05, 4.69) is 5.32 Å². The fraction of sp³-hybridized carbons (Fsp3) is 0.316. The number of thiophene rings is 1. The second-order valence-electron chi connectivity index (χ2n) is 5.71. The third kappa shape index (κ3) is 4.11. The first kappa shape index (κ1) is 19.7. The normalized spacial score (nSPS) is 11.7. The number of nitrogens with two attached hydrogens (primary N) is 1. The summed E-state index contributed by atoms with van der Waals surface area (Å²) in [5, 5.41) is 3.07. The lowest BCUT2D eigenvalue weighted by atomic mass is 9.95. The van der Waals surface area contributed by atoms with Crippen molar-refractivity contribution in [3.05, 3.63) is 51.9 Å². The standard InChI is InChI=1S/C19H22N2O4S/c1-4-13(12-9-7-6-8-10-12)17(23)21-18-14(19(24)25-5-2)11(3)15(26-18)16(20)22/h6-10,13H,4-5H2,1-3H3,(H2,20,22)(H,21,23). The second-order valence-corrected chi connectivity index (χ2v) is 6.73. The van der Waals surface area contributed by atoms with Gasteiger partial charge in [-0.3, -0.25) is 9.59 Å². The summed E-state index contributed by atoms with van der Waals surface area (Å²) in [6.07, 6.45) is 0.595. The molecule has 6 nitrogen and oxygen atoms in total. The molecule has 26 heavy (non-hydrogen) atoms. The zero-order valence-electron chi connectivity index (χ0n) is 15.0. The number of nitrogens with one attached hydrogen (secondary N) is 1. The highest BCUT2D eigenvalue weighted by Crippen LogP contribution is 2.34. The fourth-order valence-electron chi connectivity index (χ4n) is 2.74. The summed E-state index contributed by atoms with van der Waals surface area (Å²) in [6, 6.07) is 9.39. The van der Waals surface area contributed by atoms with Crippen LogP contribution < -0.4 is 11.1 Å². The molecule has 0 radical (unpaired) electrons. The van der Waals surface area contributed by atoms with Crippen LogP contribution in [0, 0.1) is 6.92 Å². The maximum Gasteiger partial charge on any atom is 0.341 e. The number of primary amides is 1. The molecule has 0 spiro atoms. The number of hydrogen-bond acceptors (Lipinski definition) is 5. The van der Waals surface area contributed by atoms with Gasteiger partial charge in [-0.15, -0.1) is 11.3 Å². The molecule has 138 valence electrons. The fourth-order valence-corrected chi connectivity index (χ4v) is 3.79. The summed E-state index contributed by atoms with van der Waals surface area (Å²) in [4.78, 5) is 37.0. The largest absolute Gasteiger partial charge is 0.462 e. The maximum absolute atomic E-state index is 12.8. The van der Waals surface area contributed by atoms with Crippen molar-refractivity contribution in [1.82, 2.24) is 0 Å². The molecule has 0 aliphatic carbocycles. The Balaban J connectivity index is 2.38. The van der Waals surface area contributed by atoms with Gasteiger partial charge in [0.25, 0.3) is 5.91 Å². The maximum atomic E-state index is 12.8. The zero-order chi connectivity index (χ0) is 19.3. The van der Waals surface area contributed by atoms with Crippen molar-refractivity contribution in [2.24, 2.45) is 5.73 Å². The van der Waals surface area contributed by atoms with Gasteiger partial charge in [-0.25, -0.2) is 4.79 Å². The van der Waals surface area contributed by atoms with E-state index < -0.39 is 11.9 Å². The molecule has 1 heterocycles. The second kappa shape index (κ2) is 8.62. The van der Waals surface area contributed by atoms with E-state index in [9.17, 15) is 14.4 Å². The number of benzene rings is 1. The minimum atomic E-state index is -0.645. The molecule has 0 bridgehead atoms. The summed E-state index contributed by atoms with van der Waals surface area (Å²) in [5.41, 5.74) is 6.87. The van der Waals surface area contributed by atoms with E-state index in [1.54, 1.807) is 13.8 Å². The van der Waals surface area contributed by atoms with E-state index in [1.165, 1.54) is 0 Å². The van der Waals surface area contributed by atoms with Crippen molar-refractivity contribution >= 4 is 34.1 Å². The highest BCUT2D eigenvalue weighted by Gasteiger charge is 2.27. The zero-order valence-corrected chi connectivity index (χ0v) is 15.8. The van der Waals surface area contributed by atoms with Gasteiger partial charge in [-0.1, -0.05) is 37.3 Å². The Morgan fingerprint density at radius 2 is 1.85 bits per heavy atom. The molecule has 0 fully saturated rings. The molecule has 1 aromatic heterocycles. The molecule has 3 N–H and O–H groups in total. The first-order chi connectivity index (χ1) is 12.4. The third-order valence-corrected chi connectivity index (χ3v) is 5.24. The summed E-state index contributed by atoms with van der Waals surface area (Å²) >= 11 is 0.993. The van der Waals surface area contributed by atoms with Gasteiger partial charge in [0.05, 0.1) is 23.0 Å². The van der Waals surface area contributed by atoms with Gasteiger partial charge in [0.15, 0.2) is 0 Å². The van der Waals surface area contributed by atoms with Crippen LogP contribution in [0.3, 0.4) is 0 Å². The minimum Gasteiger partial charge on any atom is -0.462 e. The van der Waals surface area contributed by atoms with E-state index in [0.717, 1.165) is 16.9 Å². The number of carbonyl (C=O) groups is 3. The number of esters is 1. The van der Waals surface area contributed by atoms with Gasteiger partial charge in [0.1, 0.15) is 5.00 Å². The number of anilines is 1. The Morgan fingerprint density at radius 1 is 1.19 bits per heavy atom. The number of hydrogen-bond donors (Lipinski definition) is 2. The molecule has 2 rings (SSSR count). The first-order valence-corrected chi connectivity index (χ1v) is 9.18. The van der Waals surface area contributed by atoms with Gasteiger partial charge >= 0.3 is 5.97 Å². The van der Waals surface area contributed by atoms with Crippen LogP contribution in [-0.2, 0) is 9.53 Å². The Morgan fingerprint density at radius 3 is 2.38 bits per heavy atom. The van der Waals surface area contributed by atoms with Crippen molar-refractivity contribution in [2.75, 3.05) is 11.9 Å². The lowest BCUT2D eigenvalue weighted by Gasteiger charge is -2.15. The quantitative estimate of drug-likeness (QED) is 0.725. The van der Waals surface area contributed by atoms with Crippen LogP contribution in [0.2, 0.25) is 0 Å².